The number of benzene rings is 2. The Morgan fingerprint density at radius 2 is 1.66 bits per heavy atom. The third kappa shape index (κ3) is 5.22. The van der Waals surface area contributed by atoms with E-state index in [-0.39, 0.29) is 17.9 Å². The zero-order valence-electron chi connectivity index (χ0n) is 16.0. The molecule has 29 heavy (non-hydrogen) atoms. The summed E-state index contributed by atoms with van der Waals surface area (Å²) in [6.07, 6.45) is 6.32. The molecule has 148 valence electrons. The molecule has 4 rings (SSSR count). The van der Waals surface area contributed by atoms with E-state index in [1.807, 2.05) is 36.5 Å². The smallest absolute Gasteiger partial charge is 0.319 e. The van der Waals surface area contributed by atoms with Gasteiger partial charge in [0.1, 0.15) is 0 Å². The Hall–Kier alpha value is -3.61. The van der Waals surface area contributed by atoms with Gasteiger partial charge >= 0.3 is 6.03 Å². The molecule has 3 amide bonds. The number of carbonyl (C=O) groups excluding carboxylic acids is 2. The number of anilines is 2. The van der Waals surface area contributed by atoms with Crippen molar-refractivity contribution < 1.29 is 9.59 Å². The standard InChI is InChI=1S/C22H23N5O2/c28-21(17-4-5-17)25-18-6-8-19(9-7-18)26-22(29)23-14-12-16-2-10-20(11-3-16)27-15-1-13-24-27/h1-3,6-11,13,15,17H,4-5,12,14H2,(H,25,28)(H2,23,26,29). The van der Waals surface area contributed by atoms with Crippen LogP contribution in [-0.4, -0.2) is 28.3 Å². The maximum Gasteiger partial charge on any atom is 0.319 e. The number of urea groups is 1. The highest BCUT2D eigenvalue weighted by Gasteiger charge is 2.29. The molecule has 1 heterocycles. The van der Waals surface area contributed by atoms with Gasteiger partial charge in [-0.3, -0.25) is 4.79 Å². The van der Waals surface area contributed by atoms with Gasteiger partial charge in [-0.1, -0.05) is 12.1 Å². The molecule has 3 aromatic rings. The Kier molecular flexibility index (Phi) is 5.56. The second-order valence-corrected chi connectivity index (χ2v) is 7.09. The zero-order valence-corrected chi connectivity index (χ0v) is 16.0. The van der Waals surface area contributed by atoms with Crippen molar-refractivity contribution in [1.29, 1.82) is 0 Å². The zero-order chi connectivity index (χ0) is 20.1. The molecule has 3 N–H and O–H groups in total. The van der Waals surface area contributed by atoms with Gasteiger partial charge in [0.05, 0.1) is 5.69 Å². The van der Waals surface area contributed by atoms with Gasteiger partial charge in [-0.2, -0.15) is 5.10 Å². The summed E-state index contributed by atoms with van der Waals surface area (Å²) in [5.74, 6) is 0.237. The van der Waals surface area contributed by atoms with Crippen LogP contribution in [0, 0.1) is 5.92 Å². The molecular formula is C22H23N5O2. The molecule has 0 atom stereocenters. The van der Waals surface area contributed by atoms with Crippen molar-refractivity contribution >= 4 is 23.3 Å². The van der Waals surface area contributed by atoms with Crippen LogP contribution in [0.5, 0.6) is 0 Å². The normalized spacial score (nSPS) is 13.0. The van der Waals surface area contributed by atoms with Crippen LogP contribution >= 0.6 is 0 Å². The predicted molar refractivity (Wildman–Crippen MR) is 112 cm³/mol. The van der Waals surface area contributed by atoms with Gasteiger partial charge in [0.2, 0.25) is 5.91 Å². The highest BCUT2D eigenvalue weighted by atomic mass is 16.2. The van der Waals surface area contributed by atoms with Crippen molar-refractivity contribution in [3.8, 4) is 5.69 Å². The van der Waals surface area contributed by atoms with Crippen LogP contribution in [0.2, 0.25) is 0 Å². The van der Waals surface area contributed by atoms with E-state index < -0.39 is 0 Å². The second kappa shape index (κ2) is 8.60. The van der Waals surface area contributed by atoms with Crippen molar-refractivity contribution in [3.63, 3.8) is 0 Å². The fourth-order valence-electron chi connectivity index (χ4n) is 2.96. The molecule has 1 aliphatic carbocycles. The number of hydrogen-bond acceptors (Lipinski definition) is 3. The first-order valence-electron chi connectivity index (χ1n) is 9.72. The van der Waals surface area contributed by atoms with E-state index in [9.17, 15) is 9.59 Å². The Balaban J connectivity index is 1.20. The molecule has 0 spiro atoms. The summed E-state index contributed by atoms with van der Waals surface area (Å²) >= 11 is 0. The van der Waals surface area contributed by atoms with E-state index in [0.717, 1.165) is 36.2 Å². The minimum Gasteiger partial charge on any atom is -0.338 e. The summed E-state index contributed by atoms with van der Waals surface area (Å²) in [5.41, 5.74) is 3.56. The second-order valence-electron chi connectivity index (χ2n) is 7.09. The molecule has 7 nitrogen and oxygen atoms in total. The lowest BCUT2D eigenvalue weighted by Gasteiger charge is -2.09. The number of hydrogen-bond donors (Lipinski definition) is 3. The number of rotatable bonds is 7. The monoisotopic (exact) mass is 389 g/mol. The molecule has 1 aliphatic rings. The third-order valence-corrected chi connectivity index (χ3v) is 4.76. The maximum absolute atomic E-state index is 12.1. The predicted octanol–water partition coefficient (Wildman–Crippen LogP) is 3.59. The van der Waals surface area contributed by atoms with Gasteiger partial charge in [0.15, 0.2) is 0 Å². The van der Waals surface area contributed by atoms with Crippen LogP contribution < -0.4 is 16.0 Å². The van der Waals surface area contributed by atoms with Crippen LogP contribution in [-0.2, 0) is 11.2 Å². The minimum atomic E-state index is -0.257. The Bertz CT molecular complexity index is 961. The molecule has 1 aromatic heterocycles. The number of aromatic nitrogens is 2. The molecule has 0 aliphatic heterocycles. The molecule has 1 fully saturated rings. The first-order chi connectivity index (χ1) is 14.2. The van der Waals surface area contributed by atoms with E-state index in [1.54, 1.807) is 35.1 Å². The molecule has 0 unspecified atom stereocenters. The molecule has 0 radical (unpaired) electrons. The molecule has 7 heteroatoms. The van der Waals surface area contributed by atoms with E-state index in [1.165, 1.54) is 0 Å². The van der Waals surface area contributed by atoms with E-state index in [2.05, 4.69) is 21.0 Å². The van der Waals surface area contributed by atoms with E-state index >= 15 is 0 Å². The average molecular weight is 389 g/mol. The van der Waals surface area contributed by atoms with Crippen molar-refractivity contribution in [2.24, 2.45) is 5.92 Å². The van der Waals surface area contributed by atoms with Crippen LogP contribution in [0.15, 0.2) is 67.0 Å². The van der Waals surface area contributed by atoms with Gasteiger partial charge in [-0.15, -0.1) is 0 Å². The van der Waals surface area contributed by atoms with Gasteiger partial charge in [-0.25, -0.2) is 9.48 Å². The third-order valence-electron chi connectivity index (χ3n) is 4.76. The van der Waals surface area contributed by atoms with Gasteiger partial charge in [0, 0.05) is 36.2 Å². The lowest BCUT2D eigenvalue weighted by atomic mass is 10.1. The molecular weight excluding hydrogens is 366 g/mol. The Morgan fingerprint density at radius 1 is 0.966 bits per heavy atom. The summed E-state index contributed by atoms with van der Waals surface area (Å²) < 4.78 is 1.80. The van der Waals surface area contributed by atoms with Crippen LogP contribution in [0.25, 0.3) is 5.69 Å². The minimum absolute atomic E-state index is 0.0705. The van der Waals surface area contributed by atoms with Crippen LogP contribution in [0.4, 0.5) is 16.2 Å². The Morgan fingerprint density at radius 3 is 2.28 bits per heavy atom. The van der Waals surface area contributed by atoms with E-state index in [4.69, 9.17) is 0 Å². The summed E-state index contributed by atoms with van der Waals surface area (Å²) in [7, 11) is 0. The van der Waals surface area contributed by atoms with Crippen LogP contribution in [0.3, 0.4) is 0 Å². The maximum atomic E-state index is 12.1. The molecule has 1 saturated carbocycles. The first kappa shape index (κ1) is 18.7. The van der Waals surface area contributed by atoms with E-state index in [0.29, 0.717) is 12.2 Å². The van der Waals surface area contributed by atoms with Gasteiger partial charge in [0.25, 0.3) is 0 Å². The van der Waals surface area contributed by atoms with Crippen molar-refractivity contribution in [2.45, 2.75) is 19.3 Å². The highest BCUT2D eigenvalue weighted by molar-refractivity contribution is 5.94. The summed E-state index contributed by atoms with van der Waals surface area (Å²) in [5, 5.41) is 12.7. The topological polar surface area (TPSA) is 88.1 Å². The molecule has 0 bridgehead atoms. The Labute approximate surface area is 169 Å². The highest BCUT2D eigenvalue weighted by Crippen LogP contribution is 2.30. The number of nitrogens with zero attached hydrogens (tertiary/aromatic N) is 2. The summed E-state index contributed by atoms with van der Waals surface area (Å²) in [4.78, 5) is 23.8. The quantitative estimate of drug-likeness (QED) is 0.577. The molecule has 2 aromatic carbocycles. The lowest BCUT2D eigenvalue weighted by Crippen LogP contribution is -2.30. The first-order valence-corrected chi connectivity index (χ1v) is 9.72. The van der Waals surface area contributed by atoms with Crippen molar-refractivity contribution in [3.05, 3.63) is 72.6 Å². The van der Waals surface area contributed by atoms with Gasteiger partial charge < -0.3 is 16.0 Å². The lowest BCUT2D eigenvalue weighted by molar-refractivity contribution is -0.117. The van der Waals surface area contributed by atoms with Gasteiger partial charge in [-0.05, 0) is 67.3 Å². The SMILES string of the molecule is O=C(NCCc1ccc(-n2cccn2)cc1)Nc1ccc(NC(=O)C2CC2)cc1. The van der Waals surface area contributed by atoms with Crippen LogP contribution in [0.1, 0.15) is 18.4 Å². The number of carbonyl (C=O) groups is 2. The van der Waals surface area contributed by atoms with Crippen molar-refractivity contribution in [1.82, 2.24) is 15.1 Å². The largest absolute Gasteiger partial charge is 0.338 e. The fourth-order valence-corrected chi connectivity index (χ4v) is 2.96. The van der Waals surface area contributed by atoms with Crippen molar-refractivity contribution in [2.75, 3.05) is 17.2 Å². The summed E-state index contributed by atoms with van der Waals surface area (Å²) in [6, 6.07) is 16.8. The molecule has 0 saturated heterocycles. The average Bonchev–Trinajstić information content (AvgIpc) is 3.45. The number of amides is 3. The number of nitrogens with one attached hydrogen (secondary N) is 3. The summed E-state index contributed by atoms with van der Waals surface area (Å²) in [6.45, 7) is 0.530. The fraction of sp³-hybridized carbons (Fsp3) is 0.227.